The minimum Gasteiger partial charge on any atom is -0.870 e. The third kappa shape index (κ3) is 249. The summed E-state index contributed by atoms with van der Waals surface area (Å²) >= 11 is 0. The Kier molecular flexibility index (Phi) is 78.9. The monoisotopic (exact) mass is 727 g/mol. The van der Waals surface area contributed by atoms with Crippen LogP contribution in [-0.4, -0.2) is 106 Å². The number of aliphatic carboxylic acids is 4. The van der Waals surface area contributed by atoms with Crippen molar-refractivity contribution in [3.63, 3.8) is 0 Å². The molecule has 0 aromatic heterocycles. The summed E-state index contributed by atoms with van der Waals surface area (Å²) in [6.45, 7) is 19.4. The van der Waals surface area contributed by atoms with Crippen LogP contribution >= 0.6 is 12.4 Å². The Balaban J connectivity index is -0.0000000320. The molecule has 13 N–H and O–H groups in total. The van der Waals surface area contributed by atoms with Gasteiger partial charge in [0.25, 0.3) is 0 Å². The molecule has 45 heavy (non-hydrogen) atoms. The van der Waals surface area contributed by atoms with Gasteiger partial charge in [0.05, 0.1) is 6.07 Å². The number of nitriles is 1. The fraction of sp³-hybridized carbons (Fsp3) is 0.808. The SMILES string of the molecule is CC#N.CC(C)O.CC(C)O.CC(C)O.CC(C)O.CC1(N)CC1.CC1(N)CC1.Cl.O=C(O)C(=O)O.O=C(O)C(=O)O.[Na+].[OH-].[Ti]. The second-order valence-corrected chi connectivity index (χ2v) is 10.1. The van der Waals surface area contributed by atoms with Crippen LogP contribution in [0.5, 0.6) is 0 Å². The fourth-order valence-corrected chi connectivity index (χ4v) is 0.394. The summed E-state index contributed by atoms with van der Waals surface area (Å²) in [7, 11) is 0. The number of hydrogen-bond acceptors (Lipinski definition) is 12. The Morgan fingerprint density at radius 1 is 0.600 bits per heavy atom. The molecule has 268 valence electrons. The third-order valence-electron chi connectivity index (χ3n) is 2.44. The van der Waals surface area contributed by atoms with Crippen molar-refractivity contribution in [2.45, 2.75) is 137 Å². The topological polar surface area (TPSA) is 336 Å². The summed E-state index contributed by atoms with van der Waals surface area (Å²) in [4.78, 5) is 36.4. The second-order valence-electron chi connectivity index (χ2n) is 10.1. The molecule has 16 nitrogen and oxygen atoms in total. The predicted molar refractivity (Wildman–Crippen MR) is 164 cm³/mol. The van der Waals surface area contributed by atoms with E-state index >= 15 is 0 Å². The largest absolute Gasteiger partial charge is 1.00 e. The van der Waals surface area contributed by atoms with Crippen LogP contribution < -0.4 is 41.0 Å². The van der Waals surface area contributed by atoms with Gasteiger partial charge in [-0.25, -0.2) is 19.2 Å². The normalized spacial score (nSPS) is 12.0. The zero-order chi connectivity index (χ0) is 35.2. The van der Waals surface area contributed by atoms with E-state index in [1.54, 1.807) is 61.5 Å². The van der Waals surface area contributed by atoms with Gasteiger partial charge in [0, 0.05) is 64.1 Å². The number of carbonyl (C=O) groups is 4. The number of hydrogen-bond donors (Lipinski definition) is 10. The van der Waals surface area contributed by atoms with Crippen LogP contribution in [0.25, 0.3) is 0 Å². The van der Waals surface area contributed by atoms with Crippen molar-refractivity contribution in [3.8, 4) is 6.07 Å². The van der Waals surface area contributed by atoms with E-state index in [2.05, 4.69) is 13.8 Å². The van der Waals surface area contributed by atoms with Gasteiger partial charge < -0.3 is 57.8 Å². The van der Waals surface area contributed by atoms with Crippen molar-refractivity contribution < 1.29 is 117 Å². The first kappa shape index (κ1) is 74.8. The van der Waals surface area contributed by atoms with E-state index in [0.717, 1.165) is 0 Å². The van der Waals surface area contributed by atoms with Gasteiger partial charge in [-0.05, 0) is 94.9 Å². The predicted octanol–water partition coefficient (Wildman–Crippen LogP) is -1.37. The number of aliphatic hydroxyl groups excluding tert-OH is 4. The molecule has 0 unspecified atom stereocenters. The summed E-state index contributed by atoms with van der Waals surface area (Å²) in [6.07, 6.45) is 4.25. The molecule has 0 radical (unpaired) electrons. The maximum absolute atomic E-state index is 9.10. The van der Waals surface area contributed by atoms with Gasteiger partial charge >= 0.3 is 53.4 Å². The molecular formula is C26H59ClN3NaO13Ti. The van der Waals surface area contributed by atoms with E-state index in [9.17, 15) is 0 Å². The first-order valence-corrected chi connectivity index (χ1v) is 12.6. The van der Waals surface area contributed by atoms with Crippen LogP contribution in [0.3, 0.4) is 0 Å². The summed E-state index contributed by atoms with van der Waals surface area (Å²) < 4.78 is 0. The summed E-state index contributed by atoms with van der Waals surface area (Å²) in [5.74, 6) is -7.30. The molecule has 19 heteroatoms. The van der Waals surface area contributed by atoms with Crippen LogP contribution in [0.4, 0.5) is 0 Å². The first-order chi connectivity index (χ1) is 18.0. The molecule has 2 rings (SSSR count). The van der Waals surface area contributed by atoms with Crippen LogP contribution in [0, 0.1) is 11.3 Å². The minimum atomic E-state index is -1.82. The van der Waals surface area contributed by atoms with E-state index in [4.69, 9.17) is 76.8 Å². The summed E-state index contributed by atoms with van der Waals surface area (Å²) in [6, 6.07) is 1.75. The maximum Gasteiger partial charge on any atom is 1.00 e. The standard InChI is InChI=1S/2C4H9N.4C3H8O.C2H3N.2C2H2O4.ClH.Na.H2O.Ti/c2*1-4(5)2-3-4;4*1-3(2)4;1-2-3;2*3-1(4)2(5)6;;;;/h2*2-3,5H2,1H3;4*3-4H,1-2H3;1H3;2*(H,3,4)(H,5,6);1H;;1H2;/q;;;;;;;;;;+1;;/p-1. The van der Waals surface area contributed by atoms with Gasteiger partial charge in [-0.1, -0.05) is 0 Å². The number of carboxylic acid groups (broad SMARTS) is 4. The van der Waals surface area contributed by atoms with Crippen molar-refractivity contribution in [1.82, 2.24) is 0 Å². The Bertz CT molecular complexity index is 599. The van der Waals surface area contributed by atoms with E-state index < -0.39 is 23.9 Å². The van der Waals surface area contributed by atoms with Crippen molar-refractivity contribution >= 4 is 36.3 Å². The van der Waals surface area contributed by atoms with Gasteiger partial charge in [0.1, 0.15) is 0 Å². The van der Waals surface area contributed by atoms with E-state index in [1.165, 1.54) is 32.6 Å². The number of nitrogens with zero attached hydrogens (tertiary/aromatic N) is 1. The number of carboxylic acids is 4. The van der Waals surface area contributed by atoms with Gasteiger partial charge in [-0.3, -0.25) is 0 Å². The van der Waals surface area contributed by atoms with Crippen molar-refractivity contribution in [2.75, 3.05) is 0 Å². The first-order valence-electron chi connectivity index (χ1n) is 12.6. The van der Waals surface area contributed by atoms with Crippen LogP contribution in [-0.2, 0) is 40.9 Å². The van der Waals surface area contributed by atoms with Crippen LogP contribution in [0.1, 0.15) is 102 Å². The quantitative estimate of drug-likeness (QED) is 0.102. The number of nitrogens with two attached hydrogens (primary N) is 2. The van der Waals surface area contributed by atoms with E-state index in [0.29, 0.717) is 0 Å². The Labute approximate surface area is 311 Å². The molecule has 0 amide bonds. The van der Waals surface area contributed by atoms with Crippen molar-refractivity contribution in [3.05, 3.63) is 0 Å². The van der Waals surface area contributed by atoms with Crippen LogP contribution in [0.15, 0.2) is 0 Å². The second kappa shape index (κ2) is 47.5. The Morgan fingerprint density at radius 3 is 0.644 bits per heavy atom. The zero-order valence-electron chi connectivity index (χ0n) is 28.8. The molecule has 2 aliphatic rings. The van der Waals surface area contributed by atoms with Crippen molar-refractivity contribution in [2.24, 2.45) is 11.5 Å². The molecule has 0 aromatic rings. The smallest absolute Gasteiger partial charge is 0.870 e. The Hall–Kier alpha value is -0.906. The molecule has 0 aliphatic heterocycles. The number of halogens is 1. The van der Waals surface area contributed by atoms with Gasteiger partial charge in [0.15, 0.2) is 0 Å². The molecule has 0 spiro atoms. The maximum atomic E-state index is 9.10. The van der Waals surface area contributed by atoms with Gasteiger partial charge in [-0.2, -0.15) is 5.26 Å². The molecule has 0 saturated heterocycles. The molecule has 2 saturated carbocycles. The average Bonchev–Trinajstić information content (AvgIpc) is 3.60. The average molecular weight is 728 g/mol. The van der Waals surface area contributed by atoms with E-state index in [1.807, 2.05) is 0 Å². The zero-order valence-corrected chi connectivity index (χ0v) is 33.2. The molecule has 0 atom stereocenters. The summed E-state index contributed by atoms with van der Waals surface area (Å²) in [5, 5.41) is 69.1. The third-order valence-corrected chi connectivity index (χ3v) is 2.44. The number of rotatable bonds is 0. The molecule has 2 aliphatic carbocycles. The molecular weight excluding hydrogens is 669 g/mol. The number of aliphatic hydroxyl groups is 4. The van der Waals surface area contributed by atoms with Gasteiger partial charge in [-0.15, -0.1) is 12.4 Å². The minimum absolute atomic E-state index is 0. The molecule has 0 heterocycles. The van der Waals surface area contributed by atoms with Crippen molar-refractivity contribution in [1.29, 1.82) is 5.26 Å². The molecule has 2 fully saturated rings. The molecule has 0 bridgehead atoms. The van der Waals surface area contributed by atoms with E-state index in [-0.39, 0.29) is 105 Å². The fourth-order valence-electron chi connectivity index (χ4n) is 0.394. The molecule has 0 aromatic carbocycles. The van der Waals surface area contributed by atoms with Gasteiger partial charge in [0.2, 0.25) is 0 Å². The Morgan fingerprint density at radius 2 is 0.644 bits per heavy atom. The summed E-state index contributed by atoms with van der Waals surface area (Å²) in [5.41, 5.74) is 11.4. The van der Waals surface area contributed by atoms with Crippen LogP contribution in [0.2, 0.25) is 0 Å².